The molecule has 19 heavy (non-hydrogen) atoms. The van der Waals surface area contributed by atoms with Gasteiger partial charge in [-0.2, -0.15) is 0 Å². The van der Waals surface area contributed by atoms with Crippen LogP contribution in [-0.2, 0) is 0 Å². The van der Waals surface area contributed by atoms with E-state index in [1.807, 2.05) is 31.2 Å². The lowest BCUT2D eigenvalue weighted by Gasteiger charge is -2.12. The van der Waals surface area contributed by atoms with Crippen molar-refractivity contribution in [3.63, 3.8) is 0 Å². The maximum absolute atomic E-state index is 7.56. The highest BCUT2D eigenvalue weighted by molar-refractivity contribution is 5.97. The van der Waals surface area contributed by atoms with Gasteiger partial charge in [-0.3, -0.25) is 5.41 Å². The molecule has 0 aromatic heterocycles. The molecule has 0 bridgehead atoms. The van der Waals surface area contributed by atoms with Crippen molar-refractivity contribution in [2.24, 2.45) is 5.73 Å². The molecule has 0 amide bonds. The van der Waals surface area contributed by atoms with Gasteiger partial charge in [0.05, 0.1) is 12.7 Å². The van der Waals surface area contributed by atoms with Crippen LogP contribution in [0, 0.1) is 12.3 Å². The fraction of sp³-hybridized carbons (Fsp3) is 0.133. The molecule has 2 aromatic carbocycles. The number of hydrogen-bond acceptors (Lipinski definition) is 3. The molecule has 0 radical (unpaired) electrons. The summed E-state index contributed by atoms with van der Waals surface area (Å²) in [6, 6.07) is 12.9. The minimum absolute atomic E-state index is 0.0373. The van der Waals surface area contributed by atoms with Crippen molar-refractivity contribution < 1.29 is 9.47 Å². The summed E-state index contributed by atoms with van der Waals surface area (Å²) >= 11 is 0. The van der Waals surface area contributed by atoms with Gasteiger partial charge in [0.25, 0.3) is 0 Å². The van der Waals surface area contributed by atoms with Gasteiger partial charge in [-0.15, -0.1) is 0 Å². The van der Waals surface area contributed by atoms with Crippen molar-refractivity contribution in [3.05, 3.63) is 53.6 Å². The third-order valence-corrected chi connectivity index (χ3v) is 2.73. The highest BCUT2D eigenvalue weighted by Crippen LogP contribution is 2.29. The van der Waals surface area contributed by atoms with Crippen LogP contribution in [0.4, 0.5) is 0 Å². The molecule has 0 spiro atoms. The third-order valence-electron chi connectivity index (χ3n) is 2.73. The monoisotopic (exact) mass is 256 g/mol. The van der Waals surface area contributed by atoms with E-state index in [2.05, 4.69) is 0 Å². The molecule has 0 fully saturated rings. The molecule has 3 N–H and O–H groups in total. The second kappa shape index (κ2) is 5.44. The van der Waals surface area contributed by atoms with Crippen molar-refractivity contribution in [1.29, 1.82) is 5.41 Å². The van der Waals surface area contributed by atoms with Gasteiger partial charge in [-0.1, -0.05) is 17.7 Å². The molecule has 4 nitrogen and oxygen atoms in total. The summed E-state index contributed by atoms with van der Waals surface area (Å²) in [4.78, 5) is 0. The topological polar surface area (TPSA) is 68.3 Å². The zero-order valence-electron chi connectivity index (χ0n) is 10.9. The summed E-state index contributed by atoms with van der Waals surface area (Å²) in [5.41, 5.74) is 7.25. The van der Waals surface area contributed by atoms with Crippen LogP contribution in [0.3, 0.4) is 0 Å². The maximum Gasteiger partial charge on any atom is 0.142 e. The normalized spacial score (nSPS) is 10.0. The number of aryl methyl sites for hydroxylation is 1. The molecule has 0 unspecified atom stereocenters. The van der Waals surface area contributed by atoms with Gasteiger partial charge in [-0.05, 0) is 31.2 Å². The molecule has 0 saturated heterocycles. The summed E-state index contributed by atoms with van der Waals surface area (Å²) in [5, 5.41) is 7.56. The summed E-state index contributed by atoms with van der Waals surface area (Å²) in [6.45, 7) is 2.01. The average molecular weight is 256 g/mol. The highest BCUT2D eigenvalue weighted by atomic mass is 16.5. The lowest BCUT2D eigenvalue weighted by atomic mass is 10.1. The molecule has 0 aliphatic rings. The Morgan fingerprint density at radius 3 is 2.26 bits per heavy atom. The SMILES string of the molecule is COc1ccc(C(=N)N)c(Oc2ccc(C)cc2)c1. The van der Waals surface area contributed by atoms with Gasteiger partial charge in [0, 0.05) is 6.07 Å². The number of nitrogens with two attached hydrogens (primary N) is 1. The zero-order valence-corrected chi connectivity index (χ0v) is 10.9. The summed E-state index contributed by atoms with van der Waals surface area (Å²) in [5.74, 6) is 1.83. The Bertz CT molecular complexity index is 592. The summed E-state index contributed by atoms with van der Waals surface area (Å²) in [6.07, 6.45) is 0. The Morgan fingerprint density at radius 2 is 1.68 bits per heavy atom. The van der Waals surface area contributed by atoms with Gasteiger partial charge >= 0.3 is 0 Å². The largest absolute Gasteiger partial charge is 0.497 e. The molecule has 2 aromatic rings. The standard InChI is InChI=1S/C15H16N2O2/c1-10-3-5-11(6-4-10)19-14-9-12(18-2)7-8-13(14)15(16)17/h3-9H,1-2H3,(H3,16,17). The first kappa shape index (κ1) is 13.0. The van der Waals surface area contributed by atoms with E-state index < -0.39 is 0 Å². The molecular formula is C15H16N2O2. The fourth-order valence-corrected chi connectivity index (χ4v) is 1.67. The lowest BCUT2D eigenvalue weighted by Crippen LogP contribution is -2.12. The minimum atomic E-state index is -0.0373. The number of ether oxygens (including phenoxy) is 2. The van der Waals surface area contributed by atoms with E-state index in [4.69, 9.17) is 20.6 Å². The van der Waals surface area contributed by atoms with E-state index in [1.54, 1.807) is 25.3 Å². The predicted octanol–water partition coefficient (Wildman–Crippen LogP) is 3.08. The second-order valence-electron chi connectivity index (χ2n) is 4.19. The van der Waals surface area contributed by atoms with E-state index in [9.17, 15) is 0 Å². The average Bonchev–Trinajstić information content (AvgIpc) is 2.41. The highest BCUT2D eigenvalue weighted by Gasteiger charge is 2.09. The van der Waals surface area contributed by atoms with E-state index in [0.717, 1.165) is 5.56 Å². The predicted molar refractivity (Wildman–Crippen MR) is 75.3 cm³/mol. The van der Waals surface area contributed by atoms with E-state index in [-0.39, 0.29) is 5.84 Å². The molecule has 0 saturated carbocycles. The van der Waals surface area contributed by atoms with Crippen LogP contribution in [0.25, 0.3) is 0 Å². The van der Waals surface area contributed by atoms with Crippen molar-refractivity contribution in [1.82, 2.24) is 0 Å². The lowest BCUT2D eigenvalue weighted by molar-refractivity contribution is 0.409. The van der Waals surface area contributed by atoms with Crippen molar-refractivity contribution in [3.8, 4) is 17.2 Å². The Kier molecular flexibility index (Phi) is 3.71. The van der Waals surface area contributed by atoms with E-state index in [0.29, 0.717) is 22.8 Å². The molecule has 2 rings (SSSR count). The van der Waals surface area contributed by atoms with Crippen LogP contribution >= 0.6 is 0 Å². The number of hydrogen-bond donors (Lipinski definition) is 2. The molecule has 0 aliphatic carbocycles. The van der Waals surface area contributed by atoms with Gasteiger partial charge < -0.3 is 15.2 Å². The van der Waals surface area contributed by atoms with Gasteiger partial charge in [0.1, 0.15) is 23.1 Å². The second-order valence-corrected chi connectivity index (χ2v) is 4.19. The molecule has 98 valence electrons. The Morgan fingerprint density at radius 1 is 1.05 bits per heavy atom. The third kappa shape index (κ3) is 3.04. The molecule has 0 atom stereocenters. The number of benzene rings is 2. The number of rotatable bonds is 4. The summed E-state index contributed by atoms with van der Waals surface area (Å²) in [7, 11) is 1.58. The fourth-order valence-electron chi connectivity index (χ4n) is 1.67. The summed E-state index contributed by atoms with van der Waals surface area (Å²) < 4.78 is 10.9. The molecule has 0 aliphatic heterocycles. The number of nitrogens with one attached hydrogen (secondary N) is 1. The smallest absolute Gasteiger partial charge is 0.142 e. The zero-order chi connectivity index (χ0) is 13.8. The first-order valence-electron chi connectivity index (χ1n) is 5.87. The van der Waals surface area contributed by atoms with Crippen molar-refractivity contribution in [2.75, 3.05) is 7.11 Å². The van der Waals surface area contributed by atoms with Crippen LogP contribution in [0.2, 0.25) is 0 Å². The number of nitrogen functional groups attached to an aromatic ring is 1. The van der Waals surface area contributed by atoms with E-state index in [1.165, 1.54) is 0 Å². The Balaban J connectivity index is 2.36. The van der Waals surface area contributed by atoms with Crippen molar-refractivity contribution >= 4 is 5.84 Å². The van der Waals surface area contributed by atoms with Crippen LogP contribution in [0.1, 0.15) is 11.1 Å². The first-order valence-corrected chi connectivity index (χ1v) is 5.87. The minimum Gasteiger partial charge on any atom is -0.497 e. The van der Waals surface area contributed by atoms with Crippen LogP contribution < -0.4 is 15.2 Å². The van der Waals surface area contributed by atoms with Crippen LogP contribution in [0.15, 0.2) is 42.5 Å². The molecular weight excluding hydrogens is 240 g/mol. The molecule has 0 heterocycles. The van der Waals surface area contributed by atoms with Crippen LogP contribution in [-0.4, -0.2) is 12.9 Å². The number of amidine groups is 1. The van der Waals surface area contributed by atoms with Gasteiger partial charge in [-0.25, -0.2) is 0 Å². The maximum atomic E-state index is 7.56. The van der Waals surface area contributed by atoms with Crippen LogP contribution in [0.5, 0.6) is 17.2 Å². The Hall–Kier alpha value is -2.49. The van der Waals surface area contributed by atoms with Gasteiger partial charge in [0.2, 0.25) is 0 Å². The van der Waals surface area contributed by atoms with Gasteiger partial charge in [0.15, 0.2) is 0 Å². The quantitative estimate of drug-likeness (QED) is 0.652. The van der Waals surface area contributed by atoms with Crippen molar-refractivity contribution in [2.45, 2.75) is 6.92 Å². The Labute approximate surface area is 112 Å². The first-order chi connectivity index (χ1) is 9.10. The number of methoxy groups -OCH3 is 1. The van der Waals surface area contributed by atoms with E-state index >= 15 is 0 Å². The molecule has 4 heteroatoms.